The highest BCUT2D eigenvalue weighted by molar-refractivity contribution is 7.94. The molecule has 1 aliphatic heterocycles. The first-order valence-electron chi connectivity index (χ1n) is 4.88. The number of amides is 1. The van der Waals surface area contributed by atoms with Gasteiger partial charge in [0.1, 0.15) is 0 Å². The first-order chi connectivity index (χ1) is 7.25. The quantitative estimate of drug-likeness (QED) is 0.649. The van der Waals surface area contributed by atoms with Crippen molar-refractivity contribution < 1.29 is 22.7 Å². The van der Waals surface area contributed by atoms with Gasteiger partial charge >= 0.3 is 5.97 Å². The van der Waals surface area contributed by atoms with Crippen molar-refractivity contribution in [2.45, 2.75) is 31.4 Å². The van der Waals surface area contributed by atoms with Crippen LogP contribution in [-0.2, 0) is 24.3 Å². The number of ether oxygens (including phenoxy) is 1. The van der Waals surface area contributed by atoms with E-state index < -0.39 is 26.6 Å². The number of hydrogen-bond acceptors (Lipinski definition) is 5. The van der Waals surface area contributed by atoms with Gasteiger partial charge < -0.3 is 4.74 Å². The van der Waals surface area contributed by atoms with Crippen LogP contribution in [0, 0.1) is 0 Å². The molecule has 0 atom stereocenters. The minimum Gasteiger partial charge on any atom is -0.469 e. The van der Waals surface area contributed by atoms with Crippen molar-refractivity contribution in [2.75, 3.05) is 13.7 Å². The lowest BCUT2D eigenvalue weighted by atomic mass is 10.2. The summed E-state index contributed by atoms with van der Waals surface area (Å²) in [5.74, 6) is -0.831. The Labute approximate surface area is 94.6 Å². The minimum atomic E-state index is -3.52. The summed E-state index contributed by atoms with van der Waals surface area (Å²) in [7, 11) is -2.26. The fraction of sp³-hybridized carbons (Fsp3) is 0.778. The zero-order valence-electron chi connectivity index (χ0n) is 9.52. The van der Waals surface area contributed by atoms with Crippen LogP contribution in [0.5, 0.6) is 0 Å². The summed E-state index contributed by atoms with van der Waals surface area (Å²) in [5.41, 5.74) is 0. The highest BCUT2D eigenvalue weighted by Crippen LogP contribution is 2.34. The molecule has 0 aliphatic carbocycles. The normalized spacial score (nSPS) is 21.4. The fourth-order valence-corrected chi connectivity index (χ4v) is 3.01. The van der Waals surface area contributed by atoms with Crippen molar-refractivity contribution in [1.29, 1.82) is 0 Å². The van der Waals surface area contributed by atoms with E-state index in [4.69, 9.17) is 0 Å². The molecule has 1 aliphatic rings. The van der Waals surface area contributed by atoms with Crippen molar-refractivity contribution in [3.8, 4) is 0 Å². The van der Waals surface area contributed by atoms with Gasteiger partial charge in [0.15, 0.2) is 4.75 Å². The average molecular weight is 249 g/mol. The summed E-state index contributed by atoms with van der Waals surface area (Å²) in [6, 6.07) is 0. The second-order valence-electron chi connectivity index (χ2n) is 4.07. The van der Waals surface area contributed by atoms with Crippen molar-refractivity contribution in [3.05, 3.63) is 0 Å². The van der Waals surface area contributed by atoms with Crippen LogP contribution in [0.4, 0.5) is 0 Å². The molecule has 1 rings (SSSR count). The molecule has 0 unspecified atom stereocenters. The van der Waals surface area contributed by atoms with Crippen molar-refractivity contribution >= 4 is 21.9 Å². The van der Waals surface area contributed by atoms with Crippen LogP contribution in [0.15, 0.2) is 0 Å². The summed E-state index contributed by atoms with van der Waals surface area (Å²) in [4.78, 5) is 22.3. The third kappa shape index (κ3) is 1.79. The topological polar surface area (TPSA) is 80.8 Å². The highest BCUT2D eigenvalue weighted by atomic mass is 32.2. The molecule has 0 aromatic carbocycles. The Bertz CT molecular complexity index is 412. The van der Waals surface area contributed by atoms with Gasteiger partial charge in [-0.05, 0) is 20.3 Å². The van der Waals surface area contributed by atoms with E-state index in [0.29, 0.717) is 0 Å². The summed E-state index contributed by atoms with van der Waals surface area (Å²) in [5, 5.41) is 0. The molecule has 0 N–H and O–H groups in total. The molecular weight excluding hydrogens is 234 g/mol. The second-order valence-corrected chi connectivity index (χ2v) is 6.48. The maximum absolute atomic E-state index is 11.6. The lowest BCUT2D eigenvalue weighted by Gasteiger charge is -2.43. The van der Waals surface area contributed by atoms with E-state index in [1.807, 2.05) is 0 Å². The summed E-state index contributed by atoms with van der Waals surface area (Å²) in [6.07, 6.45) is 0.393. The summed E-state index contributed by atoms with van der Waals surface area (Å²) in [6.45, 7) is 2.79. The Morgan fingerprint density at radius 2 is 2.00 bits per heavy atom. The lowest BCUT2D eigenvalue weighted by Crippen LogP contribution is -2.67. The van der Waals surface area contributed by atoms with E-state index in [1.165, 1.54) is 21.0 Å². The van der Waals surface area contributed by atoms with E-state index in [-0.39, 0.29) is 19.4 Å². The molecule has 0 aromatic rings. The van der Waals surface area contributed by atoms with E-state index in [0.717, 1.165) is 4.31 Å². The van der Waals surface area contributed by atoms with Crippen LogP contribution < -0.4 is 0 Å². The van der Waals surface area contributed by atoms with E-state index in [1.54, 1.807) is 0 Å². The van der Waals surface area contributed by atoms with Gasteiger partial charge in [0.05, 0.1) is 7.11 Å². The van der Waals surface area contributed by atoms with Crippen LogP contribution >= 0.6 is 0 Å². The van der Waals surface area contributed by atoms with Gasteiger partial charge in [0.25, 0.3) is 15.9 Å². The Morgan fingerprint density at radius 3 is 2.44 bits per heavy atom. The molecule has 0 radical (unpaired) electrons. The van der Waals surface area contributed by atoms with E-state index in [9.17, 15) is 18.0 Å². The minimum absolute atomic E-state index is 0.0414. The molecule has 1 amide bonds. The Kier molecular flexibility index (Phi) is 3.27. The zero-order valence-corrected chi connectivity index (χ0v) is 10.3. The summed E-state index contributed by atoms with van der Waals surface area (Å²) >= 11 is 0. The third-order valence-electron chi connectivity index (χ3n) is 2.65. The molecule has 16 heavy (non-hydrogen) atoms. The molecule has 6 nitrogen and oxygen atoms in total. The fourth-order valence-electron chi connectivity index (χ4n) is 1.45. The standard InChI is InChI=1S/C9H15NO5S/c1-9(2)8(12)10(16(9,13)14)6-4-5-7(11)15-3/h4-6H2,1-3H3. The zero-order chi connectivity index (χ0) is 12.6. The number of hydrogen-bond donors (Lipinski definition) is 0. The first kappa shape index (κ1) is 13.0. The lowest BCUT2D eigenvalue weighted by molar-refractivity contribution is -0.141. The molecule has 92 valence electrons. The summed E-state index contributed by atoms with van der Waals surface area (Å²) < 4.78 is 27.1. The van der Waals surface area contributed by atoms with Crippen LogP contribution in [0.3, 0.4) is 0 Å². The number of methoxy groups -OCH3 is 1. The number of rotatable bonds is 4. The van der Waals surface area contributed by atoms with Crippen molar-refractivity contribution in [3.63, 3.8) is 0 Å². The van der Waals surface area contributed by atoms with Gasteiger partial charge in [-0.15, -0.1) is 0 Å². The van der Waals surface area contributed by atoms with Gasteiger partial charge in [-0.25, -0.2) is 12.7 Å². The van der Waals surface area contributed by atoms with Gasteiger partial charge in [-0.3, -0.25) is 9.59 Å². The Hall–Kier alpha value is -1.11. The predicted molar refractivity (Wildman–Crippen MR) is 56.0 cm³/mol. The SMILES string of the molecule is COC(=O)CCCN1C(=O)C(C)(C)S1(=O)=O. The smallest absolute Gasteiger partial charge is 0.305 e. The number of nitrogens with zero attached hydrogens (tertiary/aromatic N) is 1. The van der Waals surface area contributed by atoms with Crippen molar-refractivity contribution in [1.82, 2.24) is 4.31 Å². The van der Waals surface area contributed by atoms with Crippen LogP contribution in [-0.4, -0.2) is 43.0 Å². The van der Waals surface area contributed by atoms with E-state index in [2.05, 4.69) is 4.74 Å². The van der Waals surface area contributed by atoms with Gasteiger partial charge in [0.2, 0.25) is 0 Å². The molecule has 0 saturated carbocycles. The monoisotopic (exact) mass is 249 g/mol. The van der Waals surface area contributed by atoms with Crippen LogP contribution in [0.25, 0.3) is 0 Å². The number of carbonyl (C=O) groups is 2. The largest absolute Gasteiger partial charge is 0.469 e. The molecule has 0 bridgehead atoms. The second kappa shape index (κ2) is 4.04. The molecule has 1 fully saturated rings. The number of carbonyl (C=O) groups excluding carboxylic acids is 2. The molecule has 0 aromatic heterocycles. The molecule has 7 heteroatoms. The predicted octanol–water partition coefficient (Wildman–Crippen LogP) is -0.110. The average Bonchev–Trinajstić information content (AvgIpc) is 2.22. The van der Waals surface area contributed by atoms with E-state index >= 15 is 0 Å². The Morgan fingerprint density at radius 1 is 1.44 bits per heavy atom. The highest BCUT2D eigenvalue weighted by Gasteiger charge is 2.59. The molecule has 0 spiro atoms. The maximum Gasteiger partial charge on any atom is 0.305 e. The van der Waals surface area contributed by atoms with Crippen LogP contribution in [0.1, 0.15) is 26.7 Å². The van der Waals surface area contributed by atoms with Gasteiger partial charge in [0, 0.05) is 13.0 Å². The molecule has 1 heterocycles. The van der Waals surface area contributed by atoms with Gasteiger partial charge in [-0.1, -0.05) is 0 Å². The number of sulfonamides is 1. The van der Waals surface area contributed by atoms with Crippen LogP contribution in [0.2, 0.25) is 0 Å². The molecular formula is C9H15NO5S. The van der Waals surface area contributed by atoms with Crippen molar-refractivity contribution in [2.24, 2.45) is 0 Å². The molecule has 1 saturated heterocycles. The number of esters is 1. The van der Waals surface area contributed by atoms with Gasteiger partial charge in [-0.2, -0.15) is 0 Å². The maximum atomic E-state index is 11.6. The first-order valence-corrected chi connectivity index (χ1v) is 6.32. The Balaban J connectivity index is 2.53. The third-order valence-corrected chi connectivity index (χ3v) is 5.04.